The minimum absolute atomic E-state index is 0.703. The van der Waals surface area contributed by atoms with Crippen molar-refractivity contribution in [1.29, 1.82) is 0 Å². The van der Waals surface area contributed by atoms with E-state index in [-0.39, 0.29) is 0 Å². The molecule has 4 heteroatoms. The molecule has 1 atom stereocenters. The molecule has 0 aromatic heterocycles. The molecule has 0 radical (unpaired) electrons. The first kappa shape index (κ1) is 11.9. The van der Waals surface area contributed by atoms with Crippen molar-refractivity contribution in [2.24, 2.45) is 0 Å². The lowest BCUT2D eigenvalue weighted by molar-refractivity contribution is 0.0756. The molecule has 1 aliphatic heterocycles. The Morgan fingerprint density at radius 3 is 2.79 bits per heavy atom. The van der Waals surface area contributed by atoms with Crippen LogP contribution in [0.15, 0.2) is 11.5 Å². The molecule has 1 fully saturated rings. The van der Waals surface area contributed by atoms with Crippen LogP contribution < -0.4 is 0 Å². The van der Waals surface area contributed by atoms with Gasteiger partial charge in [0.1, 0.15) is 11.0 Å². The monoisotopic (exact) mass is 217 g/mol. The minimum Gasteiger partial charge on any atom is -0.379 e. The van der Waals surface area contributed by atoms with Gasteiger partial charge in [0, 0.05) is 18.5 Å². The summed E-state index contributed by atoms with van der Waals surface area (Å²) < 4.78 is 18.8. The molecular weight excluding hydrogens is 198 g/mol. The summed E-state index contributed by atoms with van der Waals surface area (Å²) in [5.41, 5.74) is 0. The standard InChI is InChI=1S/C10H19NO2S/c1-2-3-4-5-10-14(12)11-6-8-13-9-7-11/h5,10H,2-4,6-9H2,1H3/b10-5+. The first-order valence-electron chi connectivity index (χ1n) is 5.24. The Balaban J connectivity index is 2.22. The van der Waals surface area contributed by atoms with E-state index in [0.29, 0.717) is 13.2 Å². The molecule has 1 rings (SSSR count). The summed E-state index contributed by atoms with van der Waals surface area (Å²) in [5.74, 6) is 0. The second-order valence-corrected chi connectivity index (χ2v) is 4.67. The predicted molar refractivity (Wildman–Crippen MR) is 59.2 cm³/mol. The van der Waals surface area contributed by atoms with Gasteiger partial charge in [0.05, 0.1) is 13.2 Å². The third-order valence-electron chi connectivity index (χ3n) is 2.16. The highest BCUT2D eigenvalue weighted by molar-refractivity contribution is 7.85. The number of rotatable bonds is 5. The van der Waals surface area contributed by atoms with Crippen molar-refractivity contribution in [3.63, 3.8) is 0 Å². The van der Waals surface area contributed by atoms with Crippen LogP contribution in [0.5, 0.6) is 0 Å². The molecule has 0 amide bonds. The number of allylic oxidation sites excluding steroid dienone is 1. The molecule has 0 bridgehead atoms. The lowest BCUT2D eigenvalue weighted by Gasteiger charge is -2.23. The van der Waals surface area contributed by atoms with E-state index >= 15 is 0 Å². The molecule has 1 aliphatic rings. The van der Waals surface area contributed by atoms with Crippen LogP contribution in [0.1, 0.15) is 26.2 Å². The fraction of sp³-hybridized carbons (Fsp3) is 0.800. The lowest BCUT2D eigenvalue weighted by atomic mass is 10.2. The third-order valence-corrected chi connectivity index (χ3v) is 3.46. The van der Waals surface area contributed by atoms with Crippen molar-refractivity contribution >= 4 is 11.0 Å². The molecule has 1 unspecified atom stereocenters. The van der Waals surface area contributed by atoms with Gasteiger partial charge in [-0.25, -0.2) is 8.51 Å². The zero-order valence-electron chi connectivity index (χ0n) is 8.78. The SMILES string of the molecule is CCCC/C=C/S(=O)N1CCOCC1. The van der Waals surface area contributed by atoms with Crippen LogP contribution in [0, 0.1) is 0 Å². The highest BCUT2D eigenvalue weighted by atomic mass is 32.2. The van der Waals surface area contributed by atoms with Crippen molar-refractivity contribution in [2.45, 2.75) is 26.2 Å². The van der Waals surface area contributed by atoms with Gasteiger partial charge in [-0.15, -0.1) is 0 Å². The number of morpholine rings is 1. The molecule has 0 aromatic rings. The second-order valence-electron chi connectivity index (χ2n) is 3.33. The third kappa shape index (κ3) is 4.35. The maximum Gasteiger partial charge on any atom is 0.119 e. The average molecular weight is 217 g/mol. The van der Waals surface area contributed by atoms with Gasteiger partial charge in [0.2, 0.25) is 0 Å². The number of unbranched alkanes of at least 4 members (excludes halogenated alkanes) is 2. The molecule has 0 spiro atoms. The maximum atomic E-state index is 11.7. The molecule has 0 aromatic carbocycles. The van der Waals surface area contributed by atoms with Crippen molar-refractivity contribution in [3.8, 4) is 0 Å². The Morgan fingerprint density at radius 2 is 2.14 bits per heavy atom. The van der Waals surface area contributed by atoms with E-state index < -0.39 is 11.0 Å². The van der Waals surface area contributed by atoms with E-state index in [1.54, 1.807) is 5.41 Å². The molecule has 1 heterocycles. The van der Waals surface area contributed by atoms with Crippen LogP contribution in [0.2, 0.25) is 0 Å². The van der Waals surface area contributed by atoms with Crippen LogP contribution in [0.25, 0.3) is 0 Å². The van der Waals surface area contributed by atoms with Gasteiger partial charge < -0.3 is 4.74 Å². The fourth-order valence-electron chi connectivity index (χ4n) is 1.28. The lowest BCUT2D eigenvalue weighted by Crippen LogP contribution is -2.36. The van der Waals surface area contributed by atoms with Crippen molar-refractivity contribution in [1.82, 2.24) is 4.31 Å². The molecule has 1 saturated heterocycles. The van der Waals surface area contributed by atoms with E-state index in [1.165, 1.54) is 12.8 Å². The van der Waals surface area contributed by atoms with Crippen molar-refractivity contribution in [3.05, 3.63) is 11.5 Å². The Bertz CT molecular complexity index is 200. The summed E-state index contributed by atoms with van der Waals surface area (Å²) in [7, 11) is -0.937. The van der Waals surface area contributed by atoms with Gasteiger partial charge in [-0.05, 0) is 6.42 Å². The number of hydrogen-bond acceptors (Lipinski definition) is 2. The van der Waals surface area contributed by atoms with E-state index in [2.05, 4.69) is 6.92 Å². The summed E-state index contributed by atoms with van der Waals surface area (Å²) in [6, 6.07) is 0. The van der Waals surface area contributed by atoms with Gasteiger partial charge in [0.15, 0.2) is 0 Å². The van der Waals surface area contributed by atoms with Crippen LogP contribution in [0.3, 0.4) is 0 Å². The number of hydrogen-bond donors (Lipinski definition) is 0. The zero-order valence-corrected chi connectivity index (χ0v) is 9.59. The van der Waals surface area contributed by atoms with E-state index in [4.69, 9.17) is 4.74 Å². The first-order valence-corrected chi connectivity index (χ1v) is 6.41. The number of nitrogens with zero attached hydrogens (tertiary/aromatic N) is 1. The Hall–Kier alpha value is -0.190. The van der Waals surface area contributed by atoms with E-state index in [0.717, 1.165) is 19.5 Å². The Labute approximate surface area is 88.7 Å². The summed E-state index contributed by atoms with van der Waals surface area (Å²) in [4.78, 5) is 0. The summed E-state index contributed by atoms with van der Waals surface area (Å²) in [6.45, 7) is 5.13. The number of ether oxygens (including phenoxy) is 1. The van der Waals surface area contributed by atoms with Gasteiger partial charge in [-0.2, -0.15) is 0 Å². The van der Waals surface area contributed by atoms with E-state index in [1.807, 2.05) is 10.4 Å². The van der Waals surface area contributed by atoms with Crippen molar-refractivity contribution in [2.75, 3.05) is 26.3 Å². The second kappa shape index (κ2) is 7.15. The van der Waals surface area contributed by atoms with Crippen LogP contribution in [-0.2, 0) is 15.7 Å². The van der Waals surface area contributed by atoms with Gasteiger partial charge in [-0.1, -0.05) is 25.8 Å². The zero-order chi connectivity index (χ0) is 10.2. The topological polar surface area (TPSA) is 29.5 Å². The van der Waals surface area contributed by atoms with Crippen LogP contribution >= 0.6 is 0 Å². The highest BCUT2D eigenvalue weighted by Gasteiger charge is 2.13. The Morgan fingerprint density at radius 1 is 1.43 bits per heavy atom. The largest absolute Gasteiger partial charge is 0.379 e. The van der Waals surface area contributed by atoms with Crippen LogP contribution in [0.4, 0.5) is 0 Å². The minimum atomic E-state index is -0.937. The summed E-state index contributed by atoms with van der Waals surface area (Å²) >= 11 is 0. The molecule has 0 saturated carbocycles. The van der Waals surface area contributed by atoms with Gasteiger partial charge >= 0.3 is 0 Å². The molecule has 3 nitrogen and oxygen atoms in total. The summed E-state index contributed by atoms with van der Waals surface area (Å²) in [5, 5.41) is 1.81. The Kier molecular flexibility index (Phi) is 6.07. The normalized spacial score (nSPS) is 21.5. The van der Waals surface area contributed by atoms with E-state index in [9.17, 15) is 4.21 Å². The van der Waals surface area contributed by atoms with Gasteiger partial charge in [-0.3, -0.25) is 0 Å². The molecule has 82 valence electrons. The average Bonchev–Trinajstić information content (AvgIpc) is 2.25. The predicted octanol–water partition coefficient (Wildman–Crippen LogP) is 1.69. The van der Waals surface area contributed by atoms with Crippen LogP contribution in [-0.4, -0.2) is 34.8 Å². The van der Waals surface area contributed by atoms with Gasteiger partial charge in [0.25, 0.3) is 0 Å². The quantitative estimate of drug-likeness (QED) is 0.656. The summed E-state index contributed by atoms with van der Waals surface area (Å²) in [6.07, 6.45) is 5.42. The molecular formula is C10H19NO2S. The molecule has 14 heavy (non-hydrogen) atoms. The highest BCUT2D eigenvalue weighted by Crippen LogP contribution is 2.03. The van der Waals surface area contributed by atoms with Crippen molar-refractivity contribution < 1.29 is 8.95 Å². The fourth-order valence-corrected chi connectivity index (χ4v) is 2.27. The molecule has 0 aliphatic carbocycles. The molecule has 0 N–H and O–H groups in total. The maximum absolute atomic E-state index is 11.7. The smallest absolute Gasteiger partial charge is 0.119 e. The first-order chi connectivity index (χ1) is 6.84.